The Morgan fingerprint density at radius 3 is 2.37 bits per heavy atom. The molecule has 1 N–H and O–H groups in total. The van der Waals surface area contributed by atoms with Gasteiger partial charge < -0.3 is 28.7 Å². The van der Waals surface area contributed by atoms with E-state index in [1.54, 1.807) is 57.4 Å². The summed E-state index contributed by atoms with van der Waals surface area (Å²) >= 11 is 0. The van der Waals surface area contributed by atoms with Crippen LogP contribution in [-0.4, -0.2) is 39.8 Å². The zero-order chi connectivity index (χ0) is 25.5. The molecule has 0 saturated heterocycles. The van der Waals surface area contributed by atoms with E-state index in [1.165, 1.54) is 14.2 Å². The van der Waals surface area contributed by atoms with Gasteiger partial charge in [0.25, 0.3) is 5.91 Å². The van der Waals surface area contributed by atoms with Gasteiger partial charge in [0.15, 0.2) is 6.61 Å². The molecule has 0 spiro atoms. The molecule has 0 radical (unpaired) electrons. The third-order valence-electron chi connectivity index (χ3n) is 5.72. The highest BCUT2D eigenvalue weighted by molar-refractivity contribution is 5.83. The third-order valence-corrected chi connectivity index (χ3v) is 5.72. The number of nitrogens with one attached hydrogen (secondary N) is 1. The summed E-state index contributed by atoms with van der Waals surface area (Å²) in [6, 6.07) is 10.1. The number of methoxy groups -OCH3 is 3. The number of rotatable bonds is 10. The van der Waals surface area contributed by atoms with Crippen molar-refractivity contribution in [3.05, 3.63) is 63.5 Å². The Kier molecular flexibility index (Phi) is 8.35. The van der Waals surface area contributed by atoms with Crippen molar-refractivity contribution >= 4 is 22.8 Å². The SMILES string of the molecule is COc1ccc(OC)c(C(C)NC(=O)COC(=O)CCc2c(C)c3ccc(OC)cc3oc2=O)c1. The molecule has 3 aromatic rings. The van der Waals surface area contributed by atoms with Crippen LogP contribution in [0.15, 0.2) is 45.6 Å². The van der Waals surface area contributed by atoms with Crippen LogP contribution >= 0.6 is 0 Å². The number of fused-ring (bicyclic) bond motifs is 1. The summed E-state index contributed by atoms with van der Waals surface area (Å²) in [4.78, 5) is 37.0. The maximum atomic E-state index is 12.4. The Morgan fingerprint density at radius 1 is 1.00 bits per heavy atom. The highest BCUT2D eigenvalue weighted by Crippen LogP contribution is 2.29. The summed E-state index contributed by atoms with van der Waals surface area (Å²) in [5.41, 5.74) is 1.74. The van der Waals surface area contributed by atoms with Gasteiger partial charge in [0, 0.05) is 29.0 Å². The minimum atomic E-state index is -0.597. The second-order valence-corrected chi connectivity index (χ2v) is 7.91. The molecule has 9 nitrogen and oxygen atoms in total. The molecular formula is C26H29NO8. The first-order valence-corrected chi connectivity index (χ1v) is 11.0. The lowest BCUT2D eigenvalue weighted by Crippen LogP contribution is -2.31. The van der Waals surface area contributed by atoms with E-state index in [9.17, 15) is 14.4 Å². The van der Waals surface area contributed by atoms with Crippen LogP contribution in [-0.2, 0) is 20.7 Å². The predicted molar refractivity (Wildman–Crippen MR) is 129 cm³/mol. The lowest BCUT2D eigenvalue weighted by Gasteiger charge is -2.18. The van der Waals surface area contributed by atoms with Gasteiger partial charge in [-0.2, -0.15) is 0 Å². The van der Waals surface area contributed by atoms with Crippen LogP contribution in [0, 0.1) is 6.92 Å². The molecule has 0 aliphatic heterocycles. The topological polar surface area (TPSA) is 113 Å². The Balaban J connectivity index is 1.57. The molecule has 0 aliphatic carbocycles. The number of carbonyl (C=O) groups excluding carboxylic acids is 2. The van der Waals surface area contributed by atoms with Crippen LogP contribution < -0.4 is 25.2 Å². The van der Waals surface area contributed by atoms with Crippen molar-refractivity contribution < 1.29 is 33.0 Å². The second-order valence-electron chi connectivity index (χ2n) is 7.91. The van der Waals surface area contributed by atoms with E-state index in [2.05, 4.69) is 5.32 Å². The molecule has 9 heteroatoms. The average Bonchev–Trinajstić information content (AvgIpc) is 2.86. The molecule has 0 bridgehead atoms. The Morgan fingerprint density at radius 2 is 1.69 bits per heavy atom. The molecule has 0 fully saturated rings. The minimum Gasteiger partial charge on any atom is -0.497 e. The van der Waals surface area contributed by atoms with E-state index in [-0.39, 0.29) is 12.8 Å². The molecule has 1 aromatic heterocycles. The number of benzene rings is 2. The highest BCUT2D eigenvalue weighted by Gasteiger charge is 2.18. The summed E-state index contributed by atoms with van der Waals surface area (Å²) in [6.45, 7) is 3.14. The number of carbonyl (C=O) groups is 2. The van der Waals surface area contributed by atoms with E-state index < -0.39 is 30.2 Å². The van der Waals surface area contributed by atoms with Crippen LogP contribution in [0.2, 0.25) is 0 Å². The number of ether oxygens (including phenoxy) is 4. The Hall–Kier alpha value is -4.01. The van der Waals surface area contributed by atoms with Crippen molar-refractivity contribution in [2.45, 2.75) is 32.7 Å². The van der Waals surface area contributed by atoms with Gasteiger partial charge in [-0.25, -0.2) is 4.79 Å². The molecule has 1 heterocycles. The monoisotopic (exact) mass is 483 g/mol. The number of hydrogen-bond donors (Lipinski definition) is 1. The first kappa shape index (κ1) is 25.6. The fourth-order valence-corrected chi connectivity index (χ4v) is 3.77. The minimum absolute atomic E-state index is 0.0696. The first-order chi connectivity index (χ1) is 16.8. The smallest absolute Gasteiger partial charge is 0.339 e. The Bertz CT molecular complexity index is 1280. The number of hydrogen-bond acceptors (Lipinski definition) is 8. The summed E-state index contributed by atoms with van der Waals surface area (Å²) in [5, 5.41) is 3.53. The van der Waals surface area contributed by atoms with Gasteiger partial charge in [-0.15, -0.1) is 0 Å². The Labute approximate surface area is 202 Å². The van der Waals surface area contributed by atoms with Gasteiger partial charge in [-0.05, 0) is 56.2 Å². The van der Waals surface area contributed by atoms with Crippen molar-refractivity contribution in [3.63, 3.8) is 0 Å². The van der Waals surface area contributed by atoms with Crippen LogP contribution in [0.4, 0.5) is 0 Å². The molecule has 0 saturated carbocycles. The average molecular weight is 484 g/mol. The van der Waals surface area contributed by atoms with Crippen molar-refractivity contribution in [3.8, 4) is 17.2 Å². The van der Waals surface area contributed by atoms with Crippen LogP contribution in [0.1, 0.15) is 36.1 Å². The summed E-state index contributed by atoms with van der Waals surface area (Å²) in [6.07, 6.45) is 0.0633. The molecule has 2 aromatic carbocycles. The van der Waals surface area contributed by atoms with Crippen LogP contribution in [0.25, 0.3) is 11.0 Å². The fraction of sp³-hybridized carbons (Fsp3) is 0.346. The fourth-order valence-electron chi connectivity index (χ4n) is 3.77. The van der Waals surface area contributed by atoms with E-state index in [0.29, 0.717) is 28.4 Å². The van der Waals surface area contributed by atoms with Gasteiger partial charge in [0.1, 0.15) is 22.8 Å². The number of esters is 1. The van der Waals surface area contributed by atoms with Crippen molar-refractivity contribution in [2.24, 2.45) is 0 Å². The first-order valence-electron chi connectivity index (χ1n) is 11.0. The molecular weight excluding hydrogens is 454 g/mol. The third kappa shape index (κ3) is 6.11. The standard InChI is InChI=1S/C26H29NO8/c1-15-19-8-6-18(32-4)13-23(19)35-26(30)20(15)9-11-25(29)34-14-24(28)27-16(2)21-12-17(31-3)7-10-22(21)33-5/h6-8,10,12-13,16H,9,11,14H2,1-5H3,(H,27,28). The second kappa shape index (κ2) is 11.4. The molecule has 35 heavy (non-hydrogen) atoms. The van der Waals surface area contributed by atoms with Gasteiger partial charge in [0.2, 0.25) is 0 Å². The summed E-state index contributed by atoms with van der Waals surface area (Å²) < 4.78 is 26.2. The van der Waals surface area contributed by atoms with Gasteiger partial charge in [-0.1, -0.05) is 0 Å². The quantitative estimate of drug-likeness (QED) is 0.344. The molecule has 1 unspecified atom stereocenters. The summed E-state index contributed by atoms with van der Waals surface area (Å²) in [5.74, 6) is 0.736. The predicted octanol–water partition coefficient (Wildman–Crippen LogP) is 3.48. The van der Waals surface area contributed by atoms with E-state index >= 15 is 0 Å². The molecule has 3 rings (SSSR count). The van der Waals surface area contributed by atoms with E-state index in [0.717, 1.165) is 16.5 Å². The highest BCUT2D eigenvalue weighted by atomic mass is 16.5. The molecule has 0 aliphatic rings. The van der Waals surface area contributed by atoms with Gasteiger partial charge in [-0.3, -0.25) is 9.59 Å². The van der Waals surface area contributed by atoms with Gasteiger partial charge >= 0.3 is 11.6 Å². The molecule has 1 amide bonds. The van der Waals surface area contributed by atoms with Crippen molar-refractivity contribution in [2.75, 3.05) is 27.9 Å². The lowest BCUT2D eigenvalue weighted by atomic mass is 10.0. The molecule has 186 valence electrons. The van der Waals surface area contributed by atoms with Crippen LogP contribution in [0.5, 0.6) is 17.2 Å². The zero-order valence-electron chi connectivity index (χ0n) is 20.4. The zero-order valence-corrected chi connectivity index (χ0v) is 20.4. The van der Waals surface area contributed by atoms with Crippen LogP contribution in [0.3, 0.4) is 0 Å². The maximum Gasteiger partial charge on any atom is 0.339 e. The number of aryl methyl sites for hydroxylation is 1. The largest absolute Gasteiger partial charge is 0.497 e. The molecule has 1 atom stereocenters. The van der Waals surface area contributed by atoms with Crippen molar-refractivity contribution in [1.82, 2.24) is 5.32 Å². The normalized spacial score (nSPS) is 11.6. The van der Waals surface area contributed by atoms with E-state index in [1.807, 2.05) is 0 Å². The van der Waals surface area contributed by atoms with Crippen molar-refractivity contribution in [1.29, 1.82) is 0 Å². The van der Waals surface area contributed by atoms with Gasteiger partial charge in [0.05, 0.1) is 27.4 Å². The van der Waals surface area contributed by atoms with E-state index in [4.69, 9.17) is 23.4 Å². The lowest BCUT2D eigenvalue weighted by molar-refractivity contribution is -0.148. The maximum absolute atomic E-state index is 12.4. The number of amides is 1. The summed E-state index contributed by atoms with van der Waals surface area (Å²) in [7, 11) is 4.62.